The van der Waals surface area contributed by atoms with Crippen molar-refractivity contribution < 1.29 is 28.7 Å². The van der Waals surface area contributed by atoms with E-state index in [-0.39, 0.29) is 25.5 Å². The van der Waals surface area contributed by atoms with Gasteiger partial charge in [0.1, 0.15) is 0 Å². The monoisotopic (exact) mass is 438 g/mol. The van der Waals surface area contributed by atoms with Crippen LogP contribution in [-0.2, 0) is 30.3 Å². The van der Waals surface area contributed by atoms with Gasteiger partial charge in [-0.15, -0.1) is 0 Å². The van der Waals surface area contributed by atoms with E-state index in [0.717, 1.165) is 12.0 Å². The molecule has 0 spiro atoms. The Hall–Kier alpha value is -3.68. The van der Waals surface area contributed by atoms with Crippen LogP contribution in [-0.4, -0.2) is 43.5 Å². The zero-order chi connectivity index (χ0) is 23.1. The molecule has 1 aliphatic heterocycles. The smallest absolute Gasteiger partial charge is 0.338 e. The predicted molar refractivity (Wildman–Crippen MR) is 118 cm³/mol. The first-order valence-electron chi connectivity index (χ1n) is 10.5. The number of nitrogens with one attached hydrogen (secondary N) is 1. The quantitative estimate of drug-likeness (QED) is 0.636. The van der Waals surface area contributed by atoms with E-state index >= 15 is 0 Å². The molecular formula is C24H26N2O6. The maximum absolute atomic E-state index is 12.4. The molecule has 168 valence electrons. The molecule has 2 aromatic rings. The van der Waals surface area contributed by atoms with Crippen molar-refractivity contribution in [2.24, 2.45) is 5.92 Å². The number of hydrogen-bond acceptors (Lipinski definition) is 6. The van der Waals surface area contributed by atoms with Gasteiger partial charge in [-0.3, -0.25) is 14.4 Å². The lowest BCUT2D eigenvalue weighted by Gasteiger charge is -2.17. The second-order valence-corrected chi connectivity index (χ2v) is 7.34. The van der Waals surface area contributed by atoms with Crippen molar-refractivity contribution in [1.29, 1.82) is 0 Å². The van der Waals surface area contributed by atoms with Gasteiger partial charge in [0.15, 0.2) is 6.61 Å². The lowest BCUT2D eigenvalue weighted by atomic mass is 10.1. The van der Waals surface area contributed by atoms with Crippen molar-refractivity contribution >= 4 is 35.1 Å². The Kier molecular flexibility index (Phi) is 7.59. The lowest BCUT2D eigenvalue weighted by molar-refractivity contribution is -0.151. The molecule has 8 nitrogen and oxygen atoms in total. The number of para-hydroxylation sites is 1. The molecule has 2 aromatic carbocycles. The third-order valence-corrected chi connectivity index (χ3v) is 5.17. The number of rotatable bonds is 8. The van der Waals surface area contributed by atoms with E-state index in [2.05, 4.69) is 5.32 Å². The topological polar surface area (TPSA) is 102 Å². The highest BCUT2D eigenvalue weighted by atomic mass is 16.5. The van der Waals surface area contributed by atoms with Gasteiger partial charge in [0, 0.05) is 24.3 Å². The fourth-order valence-electron chi connectivity index (χ4n) is 3.50. The molecule has 1 aliphatic rings. The number of anilines is 2. The van der Waals surface area contributed by atoms with Crippen LogP contribution in [0.15, 0.2) is 48.5 Å². The maximum atomic E-state index is 12.4. The van der Waals surface area contributed by atoms with Gasteiger partial charge in [0.2, 0.25) is 5.91 Å². The van der Waals surface area contributed by atoms with Crippen LogP contribution in [0.4, 0.5) is 11.4 Å². The number of carbonyl (C=O) groups excluding carboxylic acids is 4. The van der Waals surface area contributed by atoms with Crippen LogP contribution in [0, 0.1) is 5.92 Å². The number of ether oxygens (including phenoxy) is 2. The summed E-state index contributed by atoms with van der Waals surface area (Å²) in [6.45, 7) is 3.71. The molecule has 8 heteroatoms. The fourth-order valence-corrected chi connectivity index (χ4v) is 3.50. The van der Waals surface area contributed by atoms with Gasteiger partial charge in [-0.05, 0) is 49.2 Å². The Morgan fingerprint density at radius 2 is 1.75 bits per heavy atom. The van der Waals surface area contributed by atoms with Gasteiger partial charge < -0.3 is 19.7 Å². The van der Waals surface area contributed by atoms with Crippen molar-refractivity contribution in [3.63, 3.8) is 0 Å². The molecule has 0 saturated carbocycles. The summed E-state index contributed by atoms with van der Waals surface area (Å²) in [7, 11) is 0. The largest absolute Gasteiger partial charge is 0.462 e. The molecule has 1 saturated heterocycles. The van der Waals surface area contributed by atoms with Crippen LogP contribution in [0.5, 0.6) is 0 Å². The average molecular weight is 438 g/mol. The highest BCUT2D eigenvalue weighted by Crippen LogP contribution is 2.26. The van der Waals surface area contributed by atoms with E-state index in [9.17, 15) is 19.2 Å². The Balaban J connectivity index is 1.53. The summed E-state index contributed by atoms with van der Waals surface area (Å²) in [6.07, 6.45) is 0.760. The van der Waals surface area contributed by atoms with E-state index < -0.39 is 30.4 Å². The minimum Gasteiger partial charge on any atom is -0.462 e. The molecule has 0 aromatic heterocycles. The highest BCUT2D eigenvalue weighted by Gasteiger charge is 2.36. The van der Waals surface area contributed by atoms with Crippen molar-refractivity contribution in [2.45, 2.75) is 26.7 Å². The zero-order valence-electron chi connectivity index (χ0n) is 18.1. The van der Waals surface area contributed by atoms with E-state index in [0.29, 0.717) is 16.9 Å². The second-order valence-electron chi connectivity index (χ2n) is 7.34. The molecule has 0 bridgehead atoms. The van der Waals surface area contributed by atoms with Gasteiger partial charge in [0.05, 0.1) is 18.1 Å². The summed E-state index contributed by atoms with van der Waals surface area (Å²) < 4.78 is 10.1. The Labute approximate surface area is 186 Å². The molecule has 2 amide bonds. The van der Waals surface area contributed by atoms with E-state index in [1.807, 2.05) is 25.1 Å². The van der Waals surface area contributed by atoms with Gasteiger partial charge in [0.25, 0.3) is 5.91 Å². The summed E-state index contributed by atoms with van der Waals surface area (Å²) in [5.74, 6) is -2.36. The standard InChI is InChI=1S/C24H26N2O6/c1-3-16-7-5-6-8-20(16)25-21(27)15-32-24(30)18-13-22(28)26(14-18)19-11-9-17(10-12-19)23(29)31-4-2/h5-12,18H,3-4,13-15H2,1-2H3,(H,25,27)/t18-/m0/s1. The third kappa shape index (κ3) is 5.51. The maximum Gasteiger partial charge on any atom is 0.338 e. The van der Waals surface area contributed by atoms with Crippen LogP contribution >= 0.6 is 0 Å². The van der Waals surface area contributed by atoms with Gasteiger partial charge in [-0.25, -0.2) is 4.79 Å². The molecule has 0 aliphatic carbocycles. The van der Waals surface area contributed by atoms with Crippen molar-refractivity contribution in [3.8, 4) is 0 Å². The number of aryl methyl sites for hydroxylation is 1. The molecule has 1 heterocycles. The minimum atomic E-state index is -0.664. The minimum absolute atomic E-state index is 0.00124. The number of amides is 2. The normalized spacial score (nSPS) is 15.4. The van der Waals surface area contributed by atoms with Gasteiger partial charge in [-0.1, -0.05) is 25.1 Å². The zero-order valence-corrected chi connectivity index (χ0v) is 18.1. The van der Waals surface area contributed by atoms with Crippen LogP contribution in [0.2, 0.25) is 0 Å². The summed E-state index contributed by atoms with van der Waals surface area (Å²) in [4.78, 5) is 50.2. The van der Waals surface area contributed by atoms with Gasteiger partial charge in [-0.2, -0.15) is 0 Å². The molecule has 32 heavy (non-hydrogen) atoms. The molecule has 0 radical (unpaired) electrons. The van der Waals surface area contributed by atoms with E-state index in [1.54, 1.807) is 37.3 Å². The Morgan fingerprint density at radius 1 is 1.03 bits per heavy atom. The summed E-state index contributed by atoms with van der Waals surface area (Å²) in [5, 5.41) is 2.74. The van der Waals surface area contributed by atoms with Crippen LogP contribution < -0.4 is 10.2 Å². The van der Waals surface area contributed by atoms with Crippen LogP contribution in [0.25, 0.3) is 0 Å². The average Bonchev–Trinajstić information content (AvgIpc) is 3.19. The molecule has 1 fully saturated rings. The Morgan fingerprint density at radius 3 is 2.44 bits per heavy atom. The van der Waals surface area contributed by atoms with Crippen molar-refractivity contribution in [3.05, 3.63) is 59.7 Å². The first-order chi connectivity index (χ1) is 15.4. The lowest BCUT2D eigenvalue weighted by Crippen LogP contribution is -2.28. The van der Waals surface area contributed by atoms with Crippen molar-refractivity contribution in [1.82, 2.24) is 0 Å². The first kappa shape index (κ1) is 23.0. The number of esters is 2. The number of hydrogen-bond donors (Lipinski definition) is 1. The van der Waals surface area contributed by atoms with E-state index in [4.69, 9.17) is 9.47 Å². The summed E-state index contributed by atoms with van der Waals surface area (Å²) in [6, 6.07) is 13.8. The Bertz CT molecular complexity index is 1000. The number of nitrogens with zero attached hydrogens (tertiary/aromatic N) is 1. The molecule has 1 atom stereocenters. The first-order valence-corrected chi connectivity index (χ1v) is 10.5. The second kappa shape index (κ2) is 10.6. The molecule has 1 N–H and O–H groups in total. The molecule has 0 unspecified atom stereocenters. The fraction of sp³-hybridized carbons (Fsp3) is 0.333. The summed E-state index contributed by atoms with van der Waals surface area (Å²) in [5.41, 5.74) is 2.63. The number of benzene rings is 2. The van der Waals surface area contributed by atoms with Gasteiger partial charge >= 0.3 is 11.9 Å². The van der Waals surface area contributed by atoms with Crippen LogP contribution in [0.1, 0.15) is 36.2 Å². The van der Waals surface area contributed by atoms with Crippen molar-refractivity contribution in [2.75, 3.05) is 30.0 Å². The SMILES string of the molecule is CCOC(=O)c1ccc(N2C[C@@H](C(=O)OCC(=O)Nc3ccccc3CC)CC2=O)cc1. The highest BCUT2D eigenvalue weighted by molar-refractivity contribution is 6.00. The third-order valence-electron chi connectivity index (χ3n) is 5.17. The van der Waals surface area contributed by atoms with Crippen LogP contribution in [0.3, 0.4) is 0 Å². The number of carbonyl (C=O) groups is 4. The van der Waals surface area contributed by atoms with E-state index in [1.165, 1.54) is 4.90 Å². The molecule has 3 rings (SSSR count). The molecular weight excluding hydrogens is 412 g/mol. The predicted octanol–water partition coefficient (Wildman–Crippen LogP) is 2.96. The summed E-state index contributed by atoms with van der Waals surface area (Å²) >= 11 is 0.